The standard InChI is InChI=1S/C17H26N6O2/c1-3-23-7-5-18-16(23)13-22-10-8-21(9-11-22)6-4-17(24)19-15-12-14(2)25-20-15/h5,7,12H,3-4,6,8-11,13H2,1-2H3,(H,19,20,24). The van der Waals surface area contributed by atoms with Crippen molar-refractivity contribution in [3.63, 3.8) is 0 Å². The van der Waals surface area contributed by atoms with Gasteiger partial charge >= 0.3 is 0 Å². The molecule has 8 nitrogen and oxygen atoms in total. The van der Waals surface area contributed by atoms with Crippen molar-refractivity contribution in [2.45, 2.75) is 33.4 Å². The molecule has 2 aromatic rings. The number of aromatic nitrogens is 3. The number of nitrogens with one attached hydrogen (secondary N) is 1. The molecular weight excluding hydrogens is 320 g/mol. The maximum atomic E-state index is 12.0. The molecule has 1 aliphatic rings. The van der Waals surface area contributed by atoms with Crippen molar-refractivity contribution in [3.05, 3.63) is 30.0 Å². The summed E-state index contributed by atoms with van der Waals surface area (Å²) in [5.41, 5.74) is 0. The molecule has 0 atom stereocenters. The van der Waals surface area contributed by atoms with E-state index >= 15 is 0 Å². The molecule has 3 heterocycles. The molecule has 1 N–H and O–H groups in total. The number of piperazine rings is 1. The van der Waals surface area contributed by atoms with Crippen LogP contribution in [0.4, 0.5) is 5.82 Å². The van der Waals surface area contributed by atoms with Gasteiger partial charge in [-0.3, -0.25) is 9.69 Å². The number of hydrogen-bond acceptors (Lipinski definition) is 6. The third-order valence-corrected chi connectivity index (χ3v) is 4.52. The van der Waals surface area contributed by atoms with Crippen molar-refractivity contribution in [2.75, 3.05) is 38.0 Å². The second-order valence-corrected chi connectivity index (χ2v) is 6.37. The topological polar surface area (TPSA) is 79.4 Å². The van der Waals surface area contributed by atoms with Crippen LogP contribution in [0.2, 0.25) is 0 Å². The Morgan fingerprint density at radius 2 is 2.04 bits per heavy atom. The number of aryl methyl sites for hydroxylation is 2. The smallest absolute Gasteiger partial charge is 0.226 e. The highest BCUT2D eigenvalue weighted by Gasteiger charge is 2.19. The van der Waals surface area contributed by atoms with Crippen LogP contribution < -0.4 is 5.32 Å². The van der Waals surface area contributed by atoms with Gasteiger partial charge in [0.15, 0.2) is 5.82 Å². The zero-order chi connectivity index (χ0) is 17.6. The van der Waals surface area contributed by atoms with E-state index in [1.54, 1.807) is 13.0 Å². The fourth-order valence-electron chi connectivity index (χ4n) is 3.04. The van der Waals surface area contributed by atoms with Gasteiger partial charge in [0.1, 0.15) is 11.6 Å². The van der Waals surface area contributed by atoms with Crippen LogP contribution in [0.1, 0.15) is 24.9 Å². The van der Waals surface area contributed by atoms with Crippen LogP contribution in [-0.4, -0.2) is 63.1 Å². The molecule has 0 bridgehead atoms. The van der Waals surface area contributed by atoms with E-state index < -0.39 is 0 Å². The van der Waals surface area contributed by atoms with Crippen molar-refractivity contribution >= 4 is 11.7 Å². The maximum Gasteiger partial charge on any atom is 0.226 e. The lowest BCUT2D eigenvalue weighted by Crippen LogP contribution is -2.46. The van der Waals surface area contributed by atoms with Crippen LogP contribution in [0.3, 0.4) is 0 Å². The molecule has 0 radical (unpaired) electrons. The summed E-state index contributed by atoms with van der Waals surface area (Å²) in [4.78, 5) is 21.2. The minimum atomic E-state index is -0.0271. The molecule has 136 valence electrons. The monoisotopic (exact) mass is 346 g/mol. The second-order valence-electron chi connectivity index (χ2n) is 6.37. The predicted molar refractivity (Wildman–Crippen MR) is 94.1 cm³/mol. The summed E-state index contributed by atoms with van der Waals surface area (Å²) in [5.74, 6) is 2.27. The number of rotatable bonds is 7. The van der Waals surface area contributed by atoms with Gasteiger partial charge in [-0.2, -0.15) is 0 Å². The zero-order valence-corrected chi connectivity index (χ0v) is 14.9. The highest BCUT2D eigenvalue weighted by Crippen LogP contribution is 2.10. The van der Waals surface area contributed by atoms with Gasteiger partial charge in [0.25, 0.3) is 0 Å². The lowest BCUT2D eigenvalue weighted by molar-refractivity contribution is -0.116. The number of carbonyl (C=O) groups is 1. The third kappa shape index (κ3) is 4.90. The Hall–Kier alpha value is -2.19. The van der Waals surface area contributed by atoms with Crippen molar-refractivity contribution < 1.29 is 9.32 Å². The van der Waals surface area contributed by atoms with Gasteiger partial charge in [0.05, 0.1) is 6.54 Å². The fourth-order valence-corrected chi connectivity index (χ4v) is 3.04. The highest BCUT2D eigenvalue weighted by molar-refractivity contribution is 5.89. The molecule has 0 aliphatic carbocycles. The highest BCUT2D eigenvalue weighted by atomic mass is 16.5. The Labute approximate surface area is 147 Å². The molecule has 1 aliphatic heterocycles. The first kappa shape index (κ1) is 17.6. The summed E-state index contributed by atoms with van der Waals surface area (Å²) in [6.07, 6.45) is 4.36. The Morgan fingerprint density at radius 3 is 2.72 bits per heavy atom. The van der Waals surface area contributed by atoms with Crippen molar-refractivity contribution in [2.24, 2.45) is 0 Å². The first-order chi connectivity index (χ1) is 12.1. The number of imidazole rings is 1. The van der Waals surface area contributed by atoms with Gasteiger partial charge in [-0.25, -0.2) is 4.98 Å². The summed E-state index contributed by atoms with van der Waals surface area (Å²) in [7, 11) is 0. The SMILES string of the molecule is CCn1ccnc1CN1CCN(CCC(=O)Nc2cc(C)on2)CC1. The Kier molecular flexibility index (Phi) is 5.83. The molecule has 2 aromatic heterocycles. The van der Waals surface area contributed by atoms with Gasteiger partial charge in [-0.15, -0.1) is 0 Å². The summed E-state index contributed by atoms with van der Waals surface area (Å²) < 4.78 is 7.13. The molecule has 8 heteroatoms. The second kappa shape index (κ2) is 8.26. The minimum absolute atomic E-state index is 0.0271. The van der Waals surface area contributed by atoms with Gasteiger partial charge in [0, 0.05) is 64.1 Å². The summed E-state index contributed by atoms with van der Waals surface area (Å²) >= 11 is 0. The van der Waals surface area contributed by atoms with E-state index in [-0.39, 0.29) is 5.91 Å². The van der Waals surface area contributed by atoms with E-state index in [2.05, 4.69) is 36.7 Å². The fraction of sp³-hybridized carbons (Fsp3) is 0.588. The summed E-state index contributed by atoms with van der Waals surface area (Å²) in [5, 5.41) is 6.54. The van der Waals surface area contributed by atoms with Gasteiger partial charge in [0.2, 0.25) is 5.91 Å². The Balaban J connectivity index is 1.37. The number of carbonyl (C=O) groups excluding carboxylic acids is 1. The molecule has 0 saturated carbocycles. The van der Waals surface area contributed by atoms with Crippen molar-refractivity contribution in [1.29, 1.82) is 0 Å². The van der Waals surface area contributed by atoms with Gasteiger partial charge in [-0.05, 0) is 13.8 Å². The van der Waals surface area contributed by atoms with Crippen LogP contribution in [0, 0.1) is 6.92 Å². The normalized spacial score (nSPS) is 16.2. The summed E-state index contributed by atoms with van der Waals surface area (Å²) in [6, 6.07) is 1.72. The van der Waals surface area contributed by atoms with Crippen LogP contribution in [-0.2, 0) is 17.9 Å². The van der Waals surface area contributed by atoms with Crippen molar-refractivity contribution in [1.82, 2.24) is 24.5 Å². The molecule has 1 saturated heterocycles. The maximum absolute atomic E-state index is 12.0. The number of nitrogens with zero attached hydrogens (tertiary/aromatic N) is 5. The van der Waals surface area contributed by atoms with Crippen LogP contribution in [0.5, 0.6) is 0 Å². The first-order valence-electron chi connectivity index (χ1n) is 8.82. The zero-order valence-electron chi connectivity index (χ0n) is 14.9. The average Bonchev–Trinajstić information content (AvgIpc) is 3.23. The summed E-state index contributed by atoms with van der Waals surface area (Å²) in [6.45, 7) is 10.5. The molecule has 1 amide bonds. The van der Waals surface area contributed by atoms with Crippen LogP contribution >= 0.6 is 0 Å². The molecule has 0 unspecified atom stereocenters. The van der Waals surface area contributed by atoms with E-state index in [4.69, 9.17) is 4.52 Å². The van der Waals surface area contributed by atoms with Crippen molar-refractivity contribution in [3.8, 4) is 0 Å². The number of hydrogen-bond donors (Lipinski definition) is 1. The molecule has 3 rings (SSSR count). The van der Waals surface area contributed by atoms with Gasteiger partial charge < -0.3 is 19.3 Å². The van der Waals surface area contributed by atoms with E-state index in [1.807, 2.05) is 12.4 Å². The molecular formula is C17H26N6O2. The van der Waals surface area contributed by atoms with E-state index in [0.29, 0.717) is 18.0 Å². The molecule has 0 spiro atoms. The quantitative estimate of drug-likeness (QED) is 0.815. The minimum Gasteiger partial charge on any atom is -0.360 e. The van der Waals surface area contributed by atoms with Crippen LogP contribution in [0.15, 0.2) is 23.0 Å². The molecule has 25 heavy (non-hydrogen) atoms. The molecule has 0 aromatic carbocycles. The van der Waals surface area contributed by atoms with E-state index in [0.717, 1.165) is 51.6 Å². The first-order valence-corrected chi connectivity index (χ1v) is 8.82. The predicted octanol–water partition coefficient (Wildman–Crippen LogP) is 1.35. The number of anilines is 1. The lowest BCUT2D eigenvalue weighted by atomic mass is 10.2. The van der Waals surface area contributed by atoms with E-state index in [9.17, 15) is 4.79 Å². The largest absolute Gasteiger partial charge is 0.360 e. The Bertz CT molecular complexity index is 687. The lowest BCUT2D eigenvalue weighted by Gasteiger charge is -2.34. The van der Waals surface area contributed by atoms with E-state index in [1.165, 1.54) is 0 Å². The third-order valence-electron chi connectivity index (χ3n) is 4.52. The van der Waals surface area contributed by atoms with Gasteiger partial charge in [-0.1, -0.05) is 5.16 Å². The van der Waals surface area contributed by atoms with Crippen LogP contribution in [0.25, 0.3) is 0 Å². The average molecular weight is 346 g/mol. The molecule has 1 fully saturated rings. The number of amides is 1. The Morgan fingerprint density at radius 1 is 1.28 bits per heavy atom.